The van der Waals surface area contributed by atoms with Gasteiger partial charge >= 0.3 is 0 Å². The van der Waals surface area contributed by atoms with Crippen LogP contribution in [0.25, 0.3) is 0 Å². The van der Waals surface area contributed by atoms with Crippen molar-refractivity contribution in [2.45, 2.75) is 13.8 Å². The molecule has 96 valence electrons. The molecule has 16 heavy (non-hydrogen) atoms. The molecule has 0 aromatic carbocycles. The van der Waals surface area contributed by atoms with E-state index in [-0.39, 0.29) is 0 Å². The molecule has 0 bridgehead atoms. The van der Waals surface area contributed by atoms with E-state index in [0.717, 1.165) is 11.5 Å². The van der Waals surface area contributed by atoms with Crippen molar-refractivity contribution < 1.29 is 0 Å². The Labute approximate surface area is 108 Å². The maximum Gasteiger partial charge on any atom is 0.131 e. The van der Waals surface area contributed by atoms with Gasteiger partial charge in [-0.25, -0.2) is 13.5 Å². The molecular weight excluding hydrogens is 295 g/mol. The minimum absolute atomic E-state index is 1.11. The lowest BCUT2D eigenvalue weighted by Crippen LogP contribution is -1.83. The molecule has 2 atom stereocenters. The molecule has 0 saturated carbocycles. The molecular formula is C8H22N3P3S2. The molecule has 1 heterocycles. The number of rotatable bonds is 4. The van der Waals surface area contributed by atoms with Crippen LogP contribution < -0.4 is 0 Å². The van der Waals surface area contributed by atoms with E-state index >= 15 is 0 Å². The van der Waals surface area contributed by atoms with Crippen molar-refractivity contribution in [1.29, 1.82) is 0 Å². The molecule has 0 N–H and O–H groups in total. The van der Waals surface area contributed by atoms with Crippen molar-refractivity contribution in [3.63, 3.8) is 0 Å². The zero-order valence-corrected chi connectivity index (χ0v) is 15.2. The largest absolute Gasteiger partial charge is 0.232 e. The molecule has 0 aromatic rings. The summed E-state index contributed by atoms with van der Waals surface area (Å²) in [7, 11) is -1.43. The smallest absolute Gasteiger partial charge is 0.131 e. The Morgan fingerprint density at radius 1 is 0.750 bits per heavy atom. The first kappa shape index (κ1) is 15.4. The Kier molecular flexibility index (Phi) is 5.38. The maximum atomic E-state index is 5.06. The highest BCUT2D eigenvalue weighted by Crippen LogP contribution is 2.81. The summed E-state index contributed by atoms with van der Waals surface area (Å²) in [6.07, 6.45) is -2.97. The van der Waals surface area contributed by atoms with Crippen molar-refractivity contribution in [1.82, 2.24) is 0 Å². The number of hydrogen-bond acceptors (Lipinski definition) is 5. The van der Waals surface area contributed by atoms with Crippen LogP contribution in [0.3, 0.4) is 0 Å². The SMILES string of the molecule is CCSP1(C)=NP(C)(C)=NP(C)(SCC)=N1. The second-order valence-corrected chi connectivity index (χ2v) is 19.6. The average Bonchev–Trinajstić information content (AvgIpc) is 1.97. The molecule has 0 aliphatic carbocycles. The predicted octanol–water partition coefficient (Wildman–Crippen LogP) is 6.20. The molecule has 0 radical (unpaired) electrons. The fourth-order valence-electron chi connectivity index (χ4n) is 1.77. The van der Waals surface area contributed by atoms with Gasteiger partial charge in [0, 0.05) is 0 Å². The van der Waals surface area contributed by atoms with E-state index < -0.39 is 20.0 Å². The zero-order chi connectivity index (χ0) is 12.4. The first-order valence-electron chi connectivity index (χ1n) is 5.35. The van der Waals surface area contributed by atoms with Gasteiger partial charge in [0.1, 0.15) is 12.8 Å². The topological polar surface area (TPSA) is 37.1 Å². The minimum atomic E-state index is -1.49. The zero-order valence-electron chi connectivity index (χ0n) is 10.9. The highest BCUT2D eigenvalue weighted by Gasteiger charge is 2.26. The van der Waals surface area contributed by atoms with Gasteiger partial charge in [-0.15, -0.1) is 0 Å². The Bertz CT molecular complexity index is 413. The van der Waals surface area contributed by atoms with Gasteiger partial charge in [-0.2, -0.15) is 0 Å². The van der Waals surface area contributed by atoms with Crippen LogP contribution in [-0.2, 0) is 0 Å². The molecule has 1 rings (SSSR count). The van der Waals surface area contributed by atoms with E-state index in [4.69, 9.17) is 13.5 Å². The second kappa shape index (κ2) is 5.57. The second-order valence-electron chi connectivity index (χ2n) is 4.11. The van der Waals surface area contributed by atoms with Crippen LogP contribution in [0.1, 0.15) is 13.8 Å². The van der Waals surface area contributed by atoms with Crippen molar-refractivity contribution in [3.8, 4) is 0 Å². The predicted molar refractivity (Wildman–Crippen MR) is 88.0 cm³/mol. The summed E-state index contributed by atoms with van der Waals surface area (Å²) in [5.74, 6) is 2.21. The molecule has 1 aliphatic heterocycles. The summed E-state index contributed by atoms with van der Waals surface area (Å²) in [4.78, 5) is 0. The lowest BCUT2D eigenvalue weighted by molar-refractivity contribution is 1.54. The first-order valence-corrected chi connectivity index (χ1v) is 15.4. The average molecular weight is 317 g/mol. The molecule has 0 fully saturated rings. The van der Waals surface area contributed by atoms with Crippen molar-refractivity contribution >= 4 is 42.8 Å². The summed E-state index contributed by atoms with van der Waals surface area (Å²) < 4.78 is 15.0. The third-order valence-corrected chi connectivity index (χ3v) is 19.3. The Hall–Kier alpha value is 1.39. The quantitative estimate of drug-likeness (QED) is 0.578. The fraction of sp³-hybridized carbons (Fsp3) is 1.00. The molecule has 0 amide bonds. The van der Waals surface area contributed by atoms with Crippen LogP contribution in [0.4, 0.5) is 0 Å². The monoisotopic (exact) mass is 317 g/mol. The van der Waals surface area contributed by atoms with Crippen LogP contribution in [-0.4, -0.2) is 38.2 Å². The molecule has 0 spiro atoms. The van der Waals surface area contributed by atoms with Crippen molar-refractivity contribution in [3.05, 3.63) is 0 Å². The lowest BCUT2D eigenvalue weighted by Gasteiger charge is -2.29. The van der Waals surface area contributed by atoms with Gasteiger partial charge in [-0.1, -0.05) is 36.6 Å². The summed E-state index contributed by atoms with van der Waals surface area (Å²) in [5.41, 5.74) is 0. The molecule has 3 nitrogen and oxygen atoms in total. The Balaban J connectivity index is 3.30. The molecule has 0 aromatic heterocycles. The Morgan fingerprint density at radius 2 is 1.19 bits per heavy atom. The Morgan fingerprint density at radius 3 is 1.62 bits per heavy atom. The van der Waals surface area contributed by atoms with E-state index in [1.54, 1.807) is 0 Å². The van der Waals surface area contributed by atoms with Crippen LogP contribution in [0.15, 0.2) is 13.5 Å². The highest BCUT2D eigenvalue weighted by atomic mass is 32.7. The third kappa shape index (κ3) is 4.25. The van der Waals surface area contributed by atoms with Gasteiger partial charge in [0.05, 0.1) is 7.21 Å². The first-order chi connectivity index (χ1) is 7.24. The van der Waals surface area contributed by atoms with Gasteiger partial charge in [0.2, 0.25) is 0 Å². The lowest BCUT2D eigenvalue weighted by atomic mass is 11.0. The molecule has 0 saturated heterocycles. The number of nitrogens with zero attached hydrogens (tertiary/aromatic N) is 3. The van der Waals surface area contributed by atoms with Gasteiger partial charge in [-0.05, 0) is 38.2 Å². The third-order valence-electron chi connectivity index (χ3n) is 1.85. The molecule has 1 aliphatic rings. The molecule has 8 heteroatoms. The summed E-state index contributed by atoms with van der Waals surface area (Å²) in [6.45, 7) is 13.4. The van der Waals surface area contributed by atoms with E-state index in [0.29, 0.717) is 0 Å². The van der Waals surface area contributed by atoms with Crippen molar-refractivity contribution in [2.24, 2.45) is 13.5 Å². The van der Waals surface area contributed by atoms with Crippen molar-refractivity contribution in [2.75, 3.05) is 38.2 Å². The van der Waals surface area contributed by atoms with Crippen LogP contribution in [0, 0.1) is 0 Å². The van der Waals surface area contributed by atoms with E-state index in [1.165, 1.54) is 0 Å². The van der Waals surface area contributed by atoms with E-state index in [2.05, 4.69) is 40.5 Å². The van der Waals surface area contributed by atoms with Gasteiger partial charge in [0.25, 0.3) is 0 Å². The summed E-state index contributed by atoms with van der Waals surface area (Å²) in [5, 5.41) is 0. The summed E-state index contributed by atoms with van der Waals surface area (Å²) >= 11 is 3.89. The number of hydrogen-bond donors (Lipinski definition) is 0. The van der Waals surface area contributed by atoms with Gasteiger partial charge < -0.3 is 0 Å². The van der Waals surface area contributed by atoms with Crippen LogP contribution in [0.5, 0.6) is 0 Å². The van der Waals surface area contributed by atoms with Gasteiger partial charge in [0.15, 0.2) is 0 Å². The van der Waals surface area contributed by atoms with Crippen LogP contribution in [0.2, 0.25) is 0 Å². The fourth-order valence-corrected chi connectivity index (χ4v) is 24.9. The normalized spacial score (nSPS) is 37.1. The highest BCUT2D eigenvalue weighted by molar-refractivity contribution is 8.63. The van der Waals surface area contributed by atoms with E-state index in [1.807, 2.05) is 22.8 Å². The maximum absolute atomic E-state index is 5.06. The molecule has 2 unspecified atom stereocenters. The minimum Gasteiger partial charge on any atom is -0.232 e. The van der Waals surface area contributed by atoms with Crippen LogP contribution >= 0.6 is 42.8 Å². The summed E-state index contributed by atoms with van der Waals surface area (Å²) in [6, 6.07) is 0. The van der Waals surface area contributed by atoms with E-state index in [9.17, 15) is 0 Å². The van der Waals surface area contributed by atoms with Gasteiger partial charge in [-0.3, -0.25) is 0 Å². The standard InChI is InChI=1S/C8H22N3P3S2/c1-7-15-13(5)9-12(3,4)10-14(6,11-13)16-8-2/h7-8H2,1-6H3.